The van der Waals surface area contributed by atoms with Gasteiger partial charge in [0.25, 0.3) is 0 Å². The maximum Gasteiger partial charge on any atom is 0.0400 e. The quantitative estimate of drug-likeness (QED) is 0.679. The van der Waals surface area contributed by atoms with Crippen LogP contribution in [0.1, 0.15) is 71.9 Å². The average Bonchev–Trinajstić information content (AvgIpc) is 2.62. The highest BCUT2D eigenvalue weighted by Gasteiger charge is 2.35. The Morgan fingerprint density at radius 2 is 1.80 bits per heavy atom. The molecule has 2 nitrogen and oxygen atoms in total. The summed E-state index contributed by atoms with van der Waals surface area (Å²) in [5, 5.41) is 3.41. The second-order valence-electron chi connectivity index (χ2n) is 7.62. The van der Waals surface area contributed by atoms with Crippen LogP contribution in [0.2, 0.25) is 0 Å². The highest BCUT2D eigenvalue weighted by molar-refractivity contribution is 5.35. The van der Waals surface area contributed by atoms with Crippen molar-refractivity contribution in [2.24, 2.45) is 5.92 Å². The number of nitrogens with zero attached hydrogens (tertiary/aromatic N) is 1. The van der Waals surface area contributed by atoms with E-state index in [0.717, 1.165) is 18.2 Å². The van der Waals surface area contributed by atoms with Crippen molar-refractivity contribution in [2.75, 3.05) is 19.6 Å². The molecule has 0 saturated carbocycles. The standard InChI is InChI=1S/C21H34N2.C2H6/c1-6-21(11-13-23(14-12-21)16-17(2)3)20-10-8-7-9-19(20)15-22-18(4)5;1-2/h7-10,17,22H,4,6,11-16H2,1-3,5H3;1-2H3. The highest BCUT2D eigenvalue weighted by Crippen LogP contribution is 2.40. The number of benzene rings is 1. The normalized spacial score (nSPS) is 16.9. The largest absolute Gasteiger partial charge is 0.385 e. The van der Waals surface area contributed by atoms with E-state index in [1.165, 1.54) is 44.5 Å². The molecule has 0 aliphatic carbocycles. The van der Waals surface area contributed by atoms with Crippen molar-refractivity contribution in [1.29, 1.82) is 0 Å². The lowest BCUT2D eigenvalue weighted by atomic mass is 9.69. The van der Waals surface area contributed by atoms with Crippen LogP contribution < -0.4 is 5.32 Å². The predicted octanol–water partition coefficient (Wildman–Crippen LogP) is 5.74. The zero-order valence-corrected chi connectivity index (χ0v) is 17.5. The first-order valence-corrected chi connectivity index (χ1v) is 10.2. The molecule has 1 aliphatic heterocycles. The number of allylic oxidation sites excluding steroid dienone is 1. The first kappa shape index (κ1) is 21.8. The SMILES string of the molecule is C=C(C)NCc1ccccc1C1(CC)CCN(CC(C)C)CC1.CC. The first-order chi connectivity index (χ1) is 12.0. The smallest absolute Gasteiger partial charge is 0.0400 e. The Kier molecular flexibility index (Phi) is 9.27. The molecule has 1 saturated heterocycles. The minimum absolute atomic E-state index is 0.348. The maximum atomic E-state index is 3.97. The van der Waals surface area contributed by atoms with E-state index in [4.69, 9.17) is 0 Å². The topological polar surface area (TPSA) is 15.3 Å². The third-order valence-corrected chi connectivity index (χ3v) is 5.28. The molecule has 0 atom stereocenters. The molecule has 1 fully saturated rings. The van der Waals surface area contributed by atoms with Gasteiger partial charge in [0.1, 0.15) is 0 Å². The molecule has 0 amide bonds. The molecule has 0 unspecified atom stereocenters. The van der Waals surface area contributed by atoms with Crippen LogP contribution in [0.3, 0.4) is 0 Å². The summed E-state index contributed by atoms with van der Waals surface area (Å²) in [6, 6.07) is 9.01. The Labute approximate surface area is 156 Å². The van der Waals surface area contributed by atoms with Crippen LogP contribution in [0.4, 0.5) is 0 Å². The summed E-state index contributed by atoms with van der Waals surface area (Å²) >= 11 is 0. The van der Waals surface area contributed by atoms with Crippen molar-refractivity contribution in [2.45, 2.75) is 72.8 Å². The molecule has 1 aromatic carbocycles. The minimum Gasteiger partial charge on any atom is -0.385 e. The molecule has 0 spiro atoms. The highest BCUT2D eigenvalue weighted by atomic mass is 15.1. The molecule has 25 heavy (non-hydrogen) atoms. The van der Waals surface area contributed by atoms with Gasteiger partial charge in [-0.15, -0.1) is 0 Å². The summed E-state index contributed by atoms with van der Waals surface area (Å²) in [6.45, 7) is 21.6. The van der Waals surface area contributed by atoms with Gasteiger partial charge in [0, 0.05) is 18.8 Å². The van der Waals surface area contributed by atoms with Gasteiger partial charge in [-0.2, -0.15) is 0 Å². The number of nitrogens with one attached hydrogen (secondary N) is 1. The molecule has 0 aromatic heterocycles. The Morgan fingerprint density at radius 1 is 1.20 bits per heavy atom. The molecule has 1 heterocycles. The summed E-state index contributed by atoms with van der Waals surface area (Å²) < 4.78 is 0. The number of hydrogen-bond acceptors (Lipinski definition) is 2. The third-order valence-electron chi connectivity index (χ3n) is 5.28. The van der Waals surface area contributed by atoms with Crippen molar-refractivity contribution in [3.63, 3.8) is 0 Å². The summed E-state index contributed by atoms with van der Waals surface area (Å²) in [4.78, 5) is 2.65. The summed E-state index contributed by atoms with van der Waals surface area (Å²) in [5.74, 6) is 0.760. The average molecular weight is 345 g/mol. The van der Waals surface area contributed by atoms with Crippen LogP contribution >= 0.6 is 0 Å². The van der Waals surface area contributed by atoms with E-state index in [0.29, 0.717) is 5.41 Å². The molecule has 0 bridgehead atoms. The van der Waals surface area contributed by atoms with Gasteiger partial charge in [-0.05, 0) is 61.7 Å². The Balaban J connectivity index is 0.00000151. The van der Waals surface area contributed by atoms with Gasteiger partial charge in [-0.3, -0.25) is 0 Å². The molecule has 2 heteroatoms. The van der Waals surface area contributed by atoms with Gasteiger partial charge < -0.3 is 10.2 Å². The Morgan fingerprint density at radius 3 is 2.32 bits per heavy atom. The summed E-state index contributed by atoms with van der Waals surface area (Å²) in [7, 11) is 0. The second-order valence-corrected chi connectivity index (χ2v) is 7.62. The van der Waals surface area contributed by atoms with Crippen molar-refractivity contribution < 1.29 is 0 Å². The number of hydrogen-bond donors (Lipinski definition) is 1. The summed E-state index contributed by atoms with van der Waals surface area (Å²) in [6.07, 6.45) is 3.78. The predicted molar refractivity (Wildman–Crippen MR) is 112 cm³/mol. The van der Waals surface area contributed by atoms with Crippen LogP contribution in [0, 0.1) is 5.92 Å². The minimum atomic E-state index is 0.348. The molecule has 0 radical (unpaired) electrons. The molecular weight excluding hydrogens is 304 g/mol. The lowest BCUT2D eigenvalue weighted by Crippen LogP contribution is -2.44. The number of rotatable bonds is 7. The van der Waals surface area contributed by atoms with E-state index < -0.39 is 0 Å². The fourth-order valence-electron chi connectivity index (χ4n) is 3.93. The fraction of sp³-hybridized carbons (Fsp3) is 0.652. The number of likely N-dealkylation sites (tertiary alicyclic amines) is 1. The van der Waals surface area contributed by atoms with Gasteiger partial charge in [0.05, 0.1) is 0 Å². The number of piperidine rings is 1. The van der Waals surface area contributed by atoms with Crippen molar-refractivity contribution >= 4 is 0 Å². The Hall–Kier alpha value is -1.28. The van der Waals surface area contributed by atoms with E-state index in [9.17, 15) is 0 Å². The monoisotopic (exact) mass is 344 g/mol. The maximum absolute atomic E-state index is 3.97. The van der Waals surface area contributed by atoms with Gasteiger partial charge in [-0.25, -0.2) is 0 Å². The zero-order valence-electron chi connectivity index (χ0n) is 17.5. The zero-order chi connectivity index (χ0) is 18.9. The first-order valence-electron chi connectivity index (χ1n) is 10.2. The lowest BCUT2D eigenvalue weighted by molar-refractivity contribution is 0.141. The molecule has 1 aliphatic rings. The van der Waals surface area contributed by atoms with Crippen LogP contribution in [0.25, 0.3) is 0 Å². The lowest BCUT2D eigenvalue weighted by Gasteiger charge is -2.43. The van der Waals surface area contributed by atoms with Crippen LogP contribution in [0.15, 0.2) is 36.5 Å². The molecule has 1 N–H and O–H groups in total. The molecule has 2 rings (SSSR count). The molecular formula is C23H40N2. The van der Waals surface area contributed by atoms with Crippen LogP contribution in [-0.2, 0) is 12.0 Å². The van der Waals surface area contributed by atoms with E-state index in [1.54, 1.807) is 5.56 Å². The fourth-order valence-corrected chi connectivity index (χ4v) is 3.93. The summed E-state index contributed by atoms with van der Waals surface area (Å²) in [5.41, 5.74) is 4.38. The van der Waals surface area contributed by atoms with E-state index in [-0.39, 0.29) is 0 Å². The van der Waals surface area contributed by atoms with E-state index in [1.807, 2.05) is 20.8 Å². The van der Waals surface area contributed by atoms with Crippen molar-refractivity contribution in [3.8, 4) is 0 Å². The molecule has 142 valence electrons. The van der Waals surface area contributed by atoms with Crippen molar-refractivity contribution in [3.05, 3.63) is 47.7 Å². The van der Waals surface area contributed by atoms with Gasteiger partial charge in [0.2, 0.25) is 0 Å². The van der Waals surface area contributed by atoms with Gasteiger partial charge in [0.15, 0.2) is 0 Å². The van der Waals surface area contributed by atoms with E-state index >= 15 is 0 Å². The van der Waals surface area contributed by atoms with Crippen LogP contribution in [-0.4, -0.2) is 24.5 Å². The van der Waals surface area contributed by atoms with Crippen molar-refractivity contribution in [1.82, 2.24) is 10.2 Å². The third kappa shape index (κ3) is 6.18. The molecule has 1 aromatic rings. The van der Waals surface area contributed by atoms with Gasteiger partial charge in [-0.1, -0.05) is 65.5 Å². The second kappa shape index (κ2) is 10.7. The Bertz CT molecular complexity index is 511. The van der Waals surface area contributed by atoms with E-state index in [2.05, 4.69) is 61.8 Å². The van der Waals surface area contributed by atoms with Gasteiger partial charge >= 0.3 is 0 Å². The van der Waals surface area contributed by atoms with Crippen LogP contribution in [0.5, 0.6) is 0 Å².